The first-order chi connectivity index (χ1) is 11.6. The molecular weight excluding hydrogens is 333 g/mol. The molecule has 0 saturated carbocycles. The average Bonchev–Trinajstić information content (AvgIpc) is 2.43. The lowest BCUT2D eigenvalue weighted by atomic mass is 9.90. The lowest BCUT2D eigenvalue weighted by Gasteiger charge is -2.47. The summed E-state index contributed by atoms with van der Waals surface area (Å²) < 4.78 is 23.6. The summed E-state index contributed by atoms with van der Waals surface area (Å²) in [6.45, 7) is 5.21. The van der Waals surface area contributed by atoms with E-state index in [1.807, 2.05) is 0 Å². The fourth-order valence-electron chi connectivity index (χ4n) is 2.37. The average molecular weight is 355 g/mol. The van der Waals surface area contributed by atoms with Gasteiger partial charge >= 0.3 is 12.1 Å². The maximum absolute atomic E-state index is 13.6. The smallest absolute Gasteiger partial charge is 0.410 e. The first-order valence-electron chi connectivity index (χ1n) is 7.71. The van der Waals surface area contributed by atoms with Crippen LogP contribution in [-0.4, -0.2) is 58.4 Å². The Morgan fingerprint density at radius 3 is 2.56 bits per heavy atom. The van der Waals surface area contributed by atoms with Crippen LogP contribution in [-0.2, 0) is 16.1 Å². The SMILES string of the molecule is COc1ncc(CNC2(C(=O)O)CN(C(=O)OC(C)(C)C)C2)cc1F. The second-order valence-corrected chi connectivity index (χ2v) is 6.91. The van der Waals surface area contributed by atoms with E-state index in [1.54, 1.807) is 20.8 Å². The number of nitrogens with one attached hydrogen (secondary N) is 1. The van der Waals surface area contributed by atoms with Crippen LogP contribution in [0.1, 0.15) is 26.3 Å². The van der Waals surface area contributed by atoms with Crippen LogP contribution in [0.3, 0.4) is 0 Å². The molecule has 2 rings (SSSR count). The second kappa shape index (κ2) is 6.83. The molecule has 1 aromatic rings. The van der Waals surface area contributed by atoms with Gasteiger partial charge in [-0.25, -0.2) is 14.2 Å². The van der Waals surface area contributed by atoms with Crippen molar-refractivity contribution in [2.24, 2.45) is 0 Å². The lowest BCUT2D eigenvalue weighted by molar-refractivity contribution is -0.152. The van der Waals surface area contributed by atoms with Crippen LogP contribution in [0.5, 0.6) is 5.88 Å². The molecule has 1 amide bonds. The van der Waals surface area contributed by atoms with Crippen molar-refractivity contribution in [2.45, 2.75) is 38.5 Å². The van der Waals surface area contributed by atoms with Crippen molar-refractivity contribution in [1.82, 2.24) is 15.2 Å². The molecule has 0 aliphatic carbocycles. The summed E-state index contributed by atoms with van der Waals surface area (Å²) in [7, 11) is 1.31. The number of carbonyl (C=O) groups is 2. The van der Waals surface area contributed by atoms with Crippen LogP contribution in [0.15, 0.2) is 12.3 Å². The molecule has 2 heterocycles. The molecule has 0 radical (unpaired) electrons. The third-order valence-corrected chi connectivity index (χ3v) is 3.67. The highest BCUT2D eigenvalue weighted by atomic mass is 19.1. The van der Waals surface area contributed by atoms with Crippen molar-refractivity contribution < 1.29 is 28.6 Å². The van der Waals surface area contributed by atoms with Gasteiger partial charge in [0, 0.05) is 12.7 Å². The predicted octanol–water partition coefficient (Wildman–Crippen LogP) is 1.39. The Morgan fingerprint density at radius 1 is 1.44 bits per heavy atom. The van der Waals surface area contributed by atoms with Crippen molar-refractivity contribution >= 4 is 12.1 Å². The Hall–Kier alpha value is -2.42. The number of carbonyl (C=O) groups excluding carboxylic acids is 1. The topological polar surface area (TPSA) is 101 Å². The minimum absolute atomic E-state index is 0.0384. The molecule has 1 fully saturated rings. The van der Waals surface area contributed by atoms with Crippen LogP contribution < -0.4 is 10.1 Å². The molecule has 138 valence electrons. The van der Waals surface area contributed by atoms with Gasteiger partial charge in [0.15, 0.2) is 11.4 Å². The number of nitrogens with zero attached hydrogens (tertiary/aromatic N) is 2. The van der Waals surface area contributed by atoms with Gasteiger partial charge in [0.25, 0.3) is 0 Å². The van der Waals surface area contributed by atoms with Crippen LogP contribution in [0.4, 0.5) is 9.18 Å². The summed E-state index contributed by atoms with van der Waals surface area (Å²) in [6.07, 6.45) is 0.831. The summed E-state index contributed by atoms with van der Waals surface area (Å²) in [5.74, 6) is -1.85. The van der Waals surface area contributed by atoms with Gasteiger partial charge in [-0.15, -0.1) is 0 Å². The van der Waals surface area contributed by atoms with Crippen molar-refractivity contribution in [3.05, 3.63) is 23.6 Å². The predicted molar refractivity (Wildman–Crippen MR) is 85.8 cm³/mol. The van der Waals surface area contributed by atoms with Gasteiger partial charge in [0.2, 0.25) is 5.88 Å². The molecule has 1 aromatic heterocycles. The van der Waals surface area contributed by atoms with Gasteiger partial charge in [0.1, 0.15) is 5.60 Å². The standard InChI is InChI=1S/C16H22FN3O5/c1-15(2,3)25-14(23)20-8-16(9-20,13(21)22)19-7-10-5-11(17)12(24-4)18-6-10/h5-6,19H,7-9H2,1-4H3,(H,21,22). The van der Waals surface area contributed by atoms with E-state index in [-0.39, 0.29) is 25.5 Å². The van der Waals surface area contributed by atoms with Crippen molar-refractivity contribution in [2.75, 3.05) is 20.2 Å². The monoisotopic (exact) mass is 355 g/mol. The van der Waals surface area contributed by atoms with Crippen molar-refractivity contribution in [3.8, 4) is 5.88 Å². The third kappa shape index (κ3) is 4.36. The molecule has 1 aliphatic heterocycles. The highest BCUT2D eigenvalue weighted by Crippen LogP contribution is 2.25. The number of likely N-dealkylation sites (tertiary alicyclic amines) is 1. The fourth-order valence-corrected chi connectivity index (χ4v) is 2.37. The molecule has 1 aliphatic rings. The number of hydrogen-bond donors (Lipinski definition) is 2. The molecule has 0 unspecified atom stereocenters. The summed E-state index contributed by atoms with van der Waals surface area (Å²) in [5.41, 5.74) is -1.49. The van der Waals surface area contributed by atoms with E-state index < -0.39 is 29.0 Å². The number of pyridine rings is 1. The van der Waals surface area contributed by atoms with Gasteiger partial charge in [-0.2, -0.15) is 0 Å². The van der Waals surface area contributed by atoms with E-state index in [9.17, 15) is 19.1 Å². The van der Waals surface area contributed by atoms with E-state index in [4.69, 9.17) is 9.47 Å². The zero-order valence-electron chi connectivity index (χ0n) is 14.6. The maximum atomic E-state index is 13.6. The number of carboxylic acid groups (broad SMARTS) is 1. The molecule has 0 bridgehead atoms. The molecule has 2 N–H and O–H groups in total. The normalized spacial score (nSPS) is 16.1. The number of aromatic nitrogens is 1. The van der Waals surface area contributed by atoms with E-state index in [0.29, 0.717) is 5.56 Å². The quantitative estimate of drug-likeness (QED) is 0.823. The number of halogens is 1. The highest BCUT2D eigenvalue weighted by Gasteiger charge is 2.52. The summed E-state index contributed by atoms with van der Waals surface area (Å²) in [6, 6.07) is 1.22. The number of hydrogen-bond acceptors (Lipinski definition) is 6. The number of amides is 1. The van der Waals surface area contributed by atoms with Crippen LogP contribution >= 0.6 is 0 Å². The summed E-state index contributed by atoms with van der Waals surface area (Å²) in [4.78, 5) is 28.7. The minimum Gasteiger partial charge on any atom is -0.480 e. The van der Waals surface area contributed by atoms with E-state index >= 15 is 0 Å². The third-order valence-electron chi connectivity index (χ3n) is 3.67. The Labute approximate surface area is 144 Å². The van der Waals surface area contributed by atoms with Gasteiger partial charge in [-0.1, -0.05) is 0 Å². The Kier molecular flexibility index (Phi) is 5.17. The van der Waals surface area contributed by atoms with Gasteiger partial charge in [-0.3, -0.25) is 10.1 Å². The Bertz CT molecular complexity index is 668. The van der Waals surface area contributed by atoms with E-state index in [1.165, 1.54) is 24.3 Å². The Morgan fingerprint density at radius 2 is 2.08 bits per heavy atom. The molecule has 1 saturated heterocycles. The van der Waals surface area contributed by atoms with Crippen LogP contribution in [0, 0.1) is 5.82 Å². The number of rotatable bonds is 5. The Balaban J connectivity index is 1.98. The van der Waals surface area contributed by atoms with Gasteiger partial charge in [-0.05, 0) is 32.4 Å². The van der Waals surface area contributed by atoms with E-state index in [2.05, 4.69) is 10.3 Å². The summed E-state index contributed by atoms with van der Waals surface area (Å²) in [5, 5.41) is 12.3. The molecular formula is C16H22FN3O5. The summed E-state index contributed by atoms with van der Waals surface area (Å²) >= 11 is 0. The minimum atomic E-state index is -1.30. The molecule has 8 nitrogen and oxygen atoms in total. The van der Waals surface area contributed by atoms with E-state index in [0.717, 1.165) is 0 Å². The highest BCUT2D eigenvalue weighted by molar-refractivity contribution is 5.84. The first-order valence-corrected chi connectivity index (χ1v) is 7.71. The fraction of sp³-hybridized carbons (Fsp3) is 0.562. The number of ether oxygens (including phenoxy) is 2. The second-order valence-electron chi connectivity index (χ2n) is 6.91. The number of methoxy groups -OCH3 is 1. The number of carboxylic acids is 1. The van der Waals surface area contributed by atoms with Crippen molar-refractivity contribution in [1.29, 1.82) is 0 Å². The molecule has 0 spiro atoms. The molecule has 0 atom stereocenters. The lowest BCUT2D eigenvalue weighted by Crippen LogP contribution is -2.74. The van der Waals surface area contributed by atoms with Crippen LogP contribution in [0.25, 0.3) is 0 Å². The molecule has 25 heavy (non-hydrogen) atoms. The largest absolute Gasteiger partial charge is 0.480 e. The van der Waals surface area contributed by atoms with Crippen molar-refractivity contribution in [3.63, 3.8) is 0 Å². The number of aliphatic carboxylic acids is 1. The first kappa shape index (κ1) is 18.9. The maximum Gasteiger partial charge on any atom is 0.410 e. The van der Waals surface area contributed by atoms with Gasteiger partial charge in [0.05, 0.1) is 20.2 Å². The van der Waals surface area contributed by atoms with Crippen LogP contribution in [0.2, 0.25) is 0 Å². The molecule has 0 aromatic carbocycles. The zero-order chi connectivity index (χ0) is 18.8. The van der Waals surface area contributed by atoms with Gasteiger partial charge < -0.3 is 19.5 Å². The molecule has 9 heteroatoms. The zero-order valence-corrected chi connectivity index (χ0v) is 14.6.